The van der Waals surface area contributed by atoms with Crippen LogP contribution in [0.25, 0.3) is 0 Å². The zero-order valence-corrected chi connectivity index (χ0v) is 14.9. The Morgan fingerprint density at radius 1 is 1.12 bits per heavy atom. The number of carbonyl (C=O) groups is 2. The van der Waals surface area contributed by atoms with Crippen LogP contribution in [0.5, 0.6) is 0 Å². The molecule has 4 rings (SSSR count). The molecule has 4 heteroatoms. The number of ketones is 1. The molecule has 0 bridgehead atoms. The van der Waals surface area contributed by atoms with E-state index in [0.29, 0.717) is 24.1 Å². The molecule has 24 heavy (non-hydrogen) atoms. The molecule has 2 aliphatic carbocycles. The third-order valence-electron chi connectivity index (χ3n) is 6.65. The predicted octanol–water partition coefficient (Wildman–Crippen LogP) is 3.88. The van der Waals surface area contributed by atoms with Crippen LogP contribution in [-0.2, 0) is 6.42 Å². The first kappa shape index (κ1) is 15.9. The van der Waals surface area contributed by atoms with Crippen LogP contribution in [0.2, 0.25) is 0 Å². The molecule has 0 radical (unpaired) electrons. The fraction of sp³-hybridized carbons (Fsp3) is 0.700. The highest BCUT2D eigenvalue weighted by Gasteiger charge is 2.40. The minimum Gasteiger partial charge on any atom is -0.354 e. The number of aryl methyl sites for hydroxylation is 1. The van der Waals surface area contributed by atoms with Gasteiger partial charge < -0.3 is 9.88 Å². The van der Waals surface area contributed by atoms with E-state index in [-0.39, 0.29) is 11.7 Å². The highest BCUT2D eigenvalue weighted by atomic mass is 16.2. The molecule has 0 aromatic carbocycles. The SMILES string of the molecule is Cc1c(C(=O)N2CC[C@H](C)[C@H]3CCCC[C@@H]32)[nH]c2c1C(=O)CCC2. The number of H-pyrrole nitrogens is 1. The summed E-state index contributed by atoms with van der Waals surface area (Å²) >= 11 is 0. The lowest BCUT2D eigenvalue weighted by Crippen LogP contribution is -2.52. The first-order valence-corrected chi connectivity index (χ1v) is 9.63. The quantitative estimate of drug-likeness (QED) is 0.850. The summed E-state index contributed by atoms with van der Waals surface area (Å²) < 4.78 is 0. The first-order chi connectivity index (χ1) is 11.6. The maximum Gasteiger partial charge on any atom is 0.270 e. The lowest BCUT2D eigenvalue weighted by atomic mass is 9.72. The zero-order valence-electron chi connectivity index (χ0n) is 14.9. The average molecular weight is 328 g/mol. The van der Waals surface area contributed by atoms with Crippen molar-refractivity contribution in [3.63, 3.8) is 0 Å². The number of hydrogen-bond donors (Lipinski definition) is 1. The third-order valence-corrected chi connectivity index (χ3v) is 6.65. The Morgan fingerprint density at radius 2 is 1.92 bits per heavy atom. The van der Waals surface area contributed by atoms with Gasteiger partial charge >= 0.3 is 0 Å². The molecule has 130 valence electrons. The second-order valence-corrected chi connectivity index (χ2v) is 8.04. The van der Waals surface area contributed by atoms with Crippen molar-refractivity contribution in [1.29, 1.82) is 0 Å². The molecule has 3 aliphatic rings. The van der Waals surface area contributed by atoms with E-state index < -0.39 is 0 Å². The number of hydrogen-bond acceptors (Lipinski definition) is 2. The van der Waals surface area contributed by atoms with Gasteiger partial charge in [0, 0.05) is 30.3 Å². The molecule has 0 unspecified atom stereocenters. The molecule has 2 heterocycles. The molecule has 1 amide bonds. The van der Waals surface area contributed by atoms with E-state index in [1.54, 1.807) is 0 Å². The first-order valence-electron chi connectivity index (χ1n) is 9.63. The topological polar surface area (TPSA) is 53.2 Å². The maximum absolute atomic E-state index is 13.3. The van der Waals surface area contributed by atoms with E-state index >= 15 is 0 Å². The van der Waals surface area contributed by atoms with Gasteiger partial charge in [-0.15, -0.1) is 0 Å². The second kappa shape index (κ2) is 6.05. The summed E-state index contributed by atoms with van der Waals surface area (Å²) in [4.78, 5) is 31.0. The molecule has 1 aromatic rings. The number of aromatic amines is 1. The van der Waals surface area contributed by atoms with Gasteiger partial charge in [-0.3, -0.25) is 9.59 Å². The molecule has 1 saturated carbocycles. The lowest BCUT2D eigenvalue weighted by Gasteiger charge is -2.47. The van der Waals surface area contributed by atoms with Crippen LogP contribution in [-0.4, -0.2) is 34.2 Å². The van der Waals surface area contributed by atoms with Crippen molar-refractivity contribution < 1.29 is 9.59 Å². The second-order valence-electron chi connectivity index (χ2n) is 8.04. The van der Waals surface area contributed by atoms with Gasteiger partial charge in [-0.05, 0) is 56.4 Å². The number of fused-ring (bicyclic) bond motifs is 2. The van der Waals surface area contributed by atoms with Crippen molar-refractivity contribution in [1.82, 2.24) is 9.88 Å². The average Bonchev–Trinajstić information content (AvgIpc) is 2.93. The number of aromatic nitrogens is 1. The minimum absolute atomic E-state index is 0.124. The van der Waals surface area contributed by atoms with Gasteiger partial charge in [0.05, 0.1) is 0 Å². The number of carbonyl (C=O) groups excluding carboxylic acids is 2. The van der Waals surface area contributed by atoms with E-state index in [9.17, 15) is 9.59 Å². The van der Waals surface area contributed by atoms with E-state index in [2.05, 4.69) is 16.8 Å². The molecule has 1 aliphatic heterocycles. The Morgan fingerprint density at radius 3 is 2.71 bits per heavy atom. The van der Waals surface area contributed by atoms with Crippen molar-refractivity contribution in [3.8, 4) is 0 Å². The van der Waals surface area contributed by atoms with Crippen LogP contribution < -0.4 is 0 Å². The summed E-state index contributed by atoms with van der Waals surface area (Å²) in [5.41, 5.74) is 3.34. The molecule has 0 spiro atoms. The summed E-state index contributed by atoms with van der Waals surface area (Å²) in [5.74, 6) is 1.70. The highest BCUT2D eigenvalue weighted by Crippen LogP contribution is 2.39. The molecule has 1 aromatic heterocycles. The van der Waals surface area contributed by atoms with E-state index in [4.69, 9.17) is 0 Å². The Kier molecular flexibility index (Phi) is 4.01. The lowest BCUT2D eigenvalue weighted by molar-refractivity contribution is 0.0213. The zero-order chi connectivity index (χ0) is 16.8. The molecule has 2 fully saturated rings. The van der Waals surface area contributed by atoms with Gasteiger partial charge in [0.2, 0.25) is 0 Å². The Balaban J connectivity index is 1.65. The molecule has 1 N–H and O–H groups in total. The van der Waals surface area contributed by atoms with Crippen LogP contribution in [0.4, 0.5) is 0 Å². The standard InChI is InChI=1S/C20H28N2O2/c1-12-10-11-22(16-8-4-3-6-14(12)16)20(24)19-13(2)18-15(21-19)7-5-9-17(18)23/h12,14,16,21H,3-11H2,1-2H3/t12-,14+,16-/m0/s1. The number of piperidine rings is 1. The number of nitrogens with one attached hydrogen (secondary N) is 1. The van der Waals surface area contributed by atoms with Gasteiger partial charge in [0.1, 0.15) is 5.69 Å². The van der Waals surface area contributed by atoms with Crippen LogP contribution in [0.3, 0.4) is 0 Å². The van der Waals surface area contributed by atoms with Gasteiger partial charge in [-0.25, -0.2) is 0 Å². The summed E-state index contributed by atoms with van der Waals surface area (Å²) in [7, 11) is 0. The van der Waals surface area contributed by atoms with Gasteiger partial charge in [-0.2, -0.15) is 0 Å². The fourth-order valence-corrected chi connectivity index (χ4v) is 5.30. The van der Waals surface area contributed by atoms with Crippen LogP contribution in [0.1, 0.15) is 84.0 Å². The van der Waals surface area contributed by atoms with Crippen LogP contribution in [0, 0.1) is 18.8 Å². The number of amides is 1. The number of rotatable bonds is 1. The Hall–Kier alpha value is -1.58. The molecule has 1 saturated heterocycles. The summed E-state index contributed by atoms with van der Waals surface area (Å²) in [5, 5.41) is 0. The number of nitrogens with zero attached hydrogens (tertiary/aromatic N) is 1. The van der Waals surface area contributed by atoms with Crippen molar-refractivity contribution in [3.05, 3.63) is 22.5 Å². The predicted molar refractivity (Wildman–Crippen MR) is 93.4 cm³/mol. The fourth-order valence-electron chi connectivity index (χ4n) is 5.30. The van der Waals surface area contributed by atoms with E-state index in [0.717, 1.165) is 55.0 Å². The van der Waals surface area contributed by atoms with Gasteiger partial charge in [0.25, 0.3) is 5.91 Å². The van der Waals surface area contributed by atoms with Crippen molar-refractivity contribution in [2.75, 3.05) is 6.54 Å². The highest BCUT2D eigenvalue weighted by molar-refractivity contribution is 6.04. The normalized spacial score (nSPS) is 30.0. The maximum atomic E-state index is 13.3. The number of Topliss-reactive ketones (excluding diaryl/α,β-unsaturated/α-hetero) is 1. The Labute approximate surface area is 144 Å². The monoisotopic (exact) mass is 328 g/mol. The summed E-state index contributed by atoms with van der Waals surface area (Å²) in [6, 6.07) is 0.394. The van der Waals surface area contributed by atoms with Crippen molar-refractivity contribution in [2.24, 2.45) is 11.8 Å². The van der Waals surface area contributed by atoms with Crippen LogP contribution >= 0.6 is 0 Å². The smallest absolute Gasteiger partial charge is 0.270 e. The van der Waals surface area contributed by atoms with E-state index in [1.165, 1.54) is 19.3 Å². The molecular weight excluding hydrogens is 300 g/mol. The minimum atomic E-state index is 0.124. The summed E-state index contributed by atoms with van der Waals surface area (Å²) in [6.45, 7) is 5.15. The van der Waals surface area contributed by atoms with Gasteiger partial charge in [0.15, 0.2) is 5.78 Å². The van der Waals surface area contributed by atoms with Crippen molar-refractivity contribution >= 4 is 11.7 Å². The largest absolute Gasteiger partial charge is 0.354 e. The van der Waals surface area contributed by atoms with Gasteiger partial charge in [-0.1, -0.05) is 19.8 Å². The molecule has 4 nitrogen and oxygen atoms in total. The van der Waals surface area contributed by atoms with Crippen molar-refractivity contribution in [2.45, 2.75) is 71.3 Å². The Bertz CT molecular complexity index is 675. The molecule has 3 atom stereocenters. The molecular formula is C20H28N2O2. The summed E-state index contributed by atoms with van der Waals surface area (Å²) in [6.07, 6.45) is 8.43. The van der Waals surface area contributed by atoms with E-state index in [1.807, 2.05) is 6.92 Å². The van der Waals surface area contributed by atoms with Crippen LogP contribution in [0.15, 0.2) is 0 Å². The third kappa shape index (κ3) is 2.42. The number of likely N-dealkylation sites (tertiary alicyclic amines) is 1.